The Morgan fingerprint density at radius 2 is 1.91 bits per heavy atom. The molecule has 124 valence electrons. The second-order valence-electron chi connectivity index (χ2n) is 6.13. The summed E-state index contributed by atoms with van der Waals surface area (Å²) in [6, 6.07) is 1.84. The molecule has 2 aromatic rings. The fourth-order valence-corrected chi connectivity index (χ4v) is 3.08. The molecule has 1 saturated heterocycles. The zero-order chi connectivity index (χ0) is 16.4. The number of nitrogens with zero attached hydrogens (tertiary/aromatic N) is 4. The lowest BCUT2D eigenvalue weighted by atomic mass is 10.2. The summed E-state index contributed by atoms with van der Waals surface area (Å²) in [5.74, 6) is 2.64. The van der Waals surface area contributed by atoms with Gasteiger partial charge >= 0.3 is 0 Å². The van der Waals surface area contributed by atoms with Crippen LogP contribution in [0.2, 0.25) is 0 Å². The van der Waals surface area contributed by atoms with Gasteiger partial charge in [-0.15, -0.1) is 0 Å². The van der Waals surface area contributed by atoms with Crippen LogP contribution < -0.4 is 0 Å². The van der Waals surface area contributed by atoms with Crippen molar-refractivity contribution in [1.29, 1.82) is 0 Å². The highest BCUT2D eigenvalue weighted by Crippen LogP contribution is 2.17. The quantitative estimate of drug-likeness (QED) is 0.864. The van der Waals surface area contributed by atoms with Crippen molar-refractivity contribution < 1.29 is 9.21 Å². The first-order valence-corrected chi connectivity index (χ1v) is 8.11. The minimum absolute atomic E-state index is 0.0875. The van der Waals surface area contributed by atoms with Crippen molar-refractivity contribution in [1.82, 2.24) is 19.4 Å². The Bertz CT molecular complexity index is 681. The topological polar surface area (TPSA) is 54.5 Å². The molecule has 0 spiro atoms. The van der Waals surface area contributed by atoms with Crippen molar-refractivity contribution in [2.24, 2.45) is 0 Å². The Hall–Kier alpha value is -2.08. The number of hydrogen-bond donors (Lipinski definition) is 0. The van der Waals surface area contributed by atoms with E-state index in [0.717, 1.165) is 50.9 Å². The van der Waals surface area contributed by atoms with E-state index >= 15 is 0 Å². The summed E-state index contributed by atoms with van der Waals surface area (Å²) in [4.78, 5) is 21.1. The molecule has 1 amide bonds. The molecular weight excluding hydrogens is 292 g/mol. The van der Waals surface area contributed by atoms with Crippen LogP contribution in [0.3, 0.4) is 0 Å². The highest BCUT2D eigenvalue weighted by molar-refractivity contribution is 5.95. The lowest BCUT2D eigenvalue weighted by Crippen LogP contribution is -2.49. The fourth-order valence-electron chi connectivity index (χ4n) is 3.08. The molecule has 6 nitrogen and oxygen atoms in total. The standard InChI is InChI=1S/C17H24N4O2/c1-13-12-16(14(2)23-13)17(22)21-10-7-19(8-11-21)6-9-20-5-4-18-15(20)3/h4-5,12H,6-11H2,1-3H3. The summed E-state index contributed by atoms with van der Waals surface area (Å²) < 4.78 is 7.63. The molecule has 0 radical (unpaired) electrons. The van der Waals surface area contributed by atoms with Gasteiger partial charge in [0.05, 0.1) is 5.56 Å². The molecule has 0 aromatic carbocycles. The summed E-state index contributed by atoms with van der Waals surface area (Å²) in [5, 5.41) is 0. The van der Waals surface area contributed by atoms with Crippen LogP contribution in [0.1, 0.15) is 27.7 Å². The highest BCUT2D eigenvalue weighted by atomic mass is 16.3. The molecule has 1 fully saturated rings. The van der Waals surface area contributed by atoms with Gasteiger partial charge in [-0.3, -0.25) is 9.69 Å². The molecule has 3 heterocycles. The summed E-state index contributed by atoms with van der Waals surface area (Å²) in [6.07, 6.45) is 3.85. The molecule has 0 bridgehead atoms. The average molecular weight is 316 g/mol. The van der Waals surface area contributed by atoms with E-state index in [4.69, 9.17) is 4.42 Å². The van der Waals surface area contributed by atoms with E-state index in [-0.39, 0.29) is 5.91 Å². The normalized spacial score (nSPS) is 16.0. The van der Waals surface area contributed by atoms with Crippen molar-refractivity contribution in [2.45, 2.75) is 27.3 Å². The smallest absolute Gasteiger partial charge is 0.257 e. The second kappa shape index (κ2) is 6.58. The summed E-state index contributed by atoms with van der Waals surface area (Å²) >= 11 is 0. The van der Waals surface area contributed by atoms with Gasteiger partial charge in [0.2, 0.25) is 0 Å². The molecule has 1 aliphatic rings. The number of amides is 1. The van der Waals surface area contributed by atoms with E-state index in [0.29, 0.717) is 11.3 Å². The van der Waals surface area contributed by atoms with Crippen LogP contribution in [-0.4, -0.2) is 58.0 Å². The highest BCUT2D eigenvalue weighted by Gasteiger charge is 2.24. The van der Waals surface area contributed by atoms with E-state index in [2.05, 4.69) is 14.5 Å². The zero-order valence-electron chi connectivity index (χ0n) is 14.1. The monoisotopic (exact) mass is 316 g/mol. The molecule has 3 rings (SSSR count). The van der Waals surface area contributed by atoms with Gasteiger partial charge in [0, 0.05) is 51.7 Å². The maximum absolute atomic E-state index is 12.6. The van der Waals surface area contributed by atoms with Crippen LogP contribution in [-0.2, 0) is 6.54 Å². The number of piperazine rings is 1. The van der Waals surface area contributed by atoms with E-state index in [1.165, 1.54) is 0 Å². The number of carbonyl (C=O) groups excluding carboxylic acids is 1. The molecule has 6 heteroatoms. The van der Waals surface area contributed by atoms with E-state index in [1.54, 1.807) is 0 Å². The summed E-state index contributed by atoms with van der Waals surface area (Å²) in [6.45, 7) is 11.0. The van der Waals surface area contributed by atoms with Gasteiger partial charge < -0.3 is 13.9 Å². The van der Waals surface area contributed by atoms with Gasteiger partial charge in [-0.1, -0.05) is 0 Å². The average Bonchev–Trinajstić information content (AvgIpc) is 3.10. The minimum Gasteiger partial charge on any atom is -0.466 e. The Kier molecular flexibility index (Phi) is 4.52. The molecular formula is C17H24N4O2. The Morgan fingerprint density at radius 1 is 1.17 bits per heavy atom. The molecule has 2 aromatic heterocycles. The SMILES string of the molecule is Cc1cc(C(=O)N2CCN(CCn3ccnc3C)CC2)c(C)o1. The Morgan fingerprint density at radius 3 is 2.48 bits per heavy atom. The number of hydrogen-bond acceptors (Lipinski definition) is 4. The van der Waals surface area contributed by atoms with Gasteiger partial charge in [0.1, 0.15) is 17.3 Å². The Labute approximate surface area is 136 Å². The maximum Gasteiger partial charge on any atom is 0.257 e. The number of furan rings is 1. The van der Waals surface area contributed by atoms with Crippen LogP contribution in [0.15, 0.2) is 22.9 Å². The molecule has 23 heavy (non-hydrogen) atoms. The predicted molar refractivity (Wildman–Crippen MR) is 87.5 cm³/mol. The summed E-state index contributed by atoms with van der Waals surface area (Å²) in [5.41, 5.74) is 0.699. The van der Waals surface area contributed by atoms with Gasteiger partial charge in [-0.2, -0.15) is 0 Å². The third-order valence-corrected chi connectivity index (χ3v) is 4.51. The number of aryl methyl sites for hydroxylation is 3. The van der Waals surface area contributed by atoms with E-state index < -0.39 is 0 Å². The van der Waals surface area contributed by atoms with Crippen molar-refractivity contribution in [3.63, 3.8) is 0 Å². The molecule has 0 N–H and O–H groups in total. The largest absolute Gasteiger partial charge is 0.466 e. The van der Waals surface area contributed by atoms with Crippen molar-refractivity contribution >= 4 is 5.91 Å². The fraction of sp³-hybridized carbons (Fsp3) is 0.529. The van der Waals surface area contributed by atoms with Crippen LogP contribution in [0, 0.1) is 20.8 Å². The first kappa shape index (κ1) is 15.8. The van der Waals surface area contributed by atoms with Crippen LogP contribution in [0.25, 0.3) is 0 Å². The second-order valence-corrected chi connectivity index (χ2v) is 6.13. The van der Waals surface area contributed by atoms with Gasteiger partial charge in [-0.05, 0) is 26.8 Å². The molecule has 0 saturated carbocycles. The Balaban J connectivity index is 1.51. The van der Waals surface area contributed by atoms with E-state index in [1.807, 2.05) is 44.1 Å². The third kappa shape index (κ3) is 3.47. The van der Waals surface area contributed by atoms with Crippen LogP contribution in [0.5, 0.6) is 0 Å². The molecule has 1 aliphatic heterocycles. The van der Waals surface area contributed by atoms with Crippen LogP contribution >= 0.6 is 0 Å². The first-order chi connectivity index (χ1) is 11.0. The number of aromatic nitrogens is 2. The lowest BCUT2D eigenvalue weighted by molar-refractivity contribution is 0.0631. The van der Waals surface area contributed by atoms with Gasteiger partial charge in [-0.25, -0.2) is 4.98 Å². The van der Waals surface area contributed by atoms with Crippen LogP contribution in [0.4, 0.5) is 0 Å². The zero-order valence-corrected chi connectivity index (χ0v) is 14.1. The number of carbonyl (C=O) groups is 1. The molecule has 0 aliphatic carbocycles. The lowest BCUT2D eigenvalue weighted by Gasteiger charge is -2.34. The third-order valence-electron chi connectivity index (χ3n) is 4.51. The molecule has 0 unspecified atom stereocenters. The first-order valence-electron chi connectivity index (χ1n) is 8.11. The van der Waals surface area contributed by atoms with Gasteiger partial charge in [0.25, 0.3) is 5.91 Å². The number of rotatable bonds is 4. The van der Waals surface area contributed by atoms with Crippen molar-refractivity contribution in [3.05, 3.63) is 41.4 Å². The predicted octanol–water partition coefficient (Wildman–Crippen LogP) is 1.86. The minimum atomic E-state index is 0.0875. The van der Waals surface area contributed by atoms with Crippen molar-refractivity contribution in [3.8, 4) is 0 Å². The summed E-state index contributed by atoms with van der Waals surface area (Å²) in [7, 11) is 0. The van der Waals surface area contributed by atoms with Gasteiger partial charge in [0.15, 0.2) is 0 Å². The van der Waals surface area contributed by atoms with E-state index in [9.17, 15) is 4.79 Å². The maximum atomic E-state index is 12.6. The van der Waals surface area contributed by atoms with Crippen molar-refractivity contribution in [2.75, 3.05) is 32.7 Å². The number of imidazole rings is 1. The molecule has 0 atom stereocenters.